The van der Waals surface area contributed by atoms with E-state index in [9.17, 15) is 8.78 Å². The van der Waals surface area contributed by atoms with Gasteiger partial charge in [0.25, 0.3) is 0 Å². The molecule has 1 N–H and O–H groups in total. The van der Waals surface area contributed by atoms with Crippen molar-refractivity contribution in [2.45, 2.75) is 57.3 Å². The monoisotopic (exact) mass is 382 g/mol. The van der Waals surface area contributed by atoms with Crippen molar-refractivity contribution >= 4 is 0 Å². The molecule has 1 heterocycles. The zero-order chi connectivity index (χ0) is 19.4. The Labute approximate surface area is 156 Å². The normalized spacial score (nSPS) is 24.3. The number of hydroxylamine groups is 1. The third-order valence-electron chi connectivity index (χ3n) is 4.81. The van der Waals surface area contributed by atoms with Gasteiger partial charge in [-0.2, -0.15) is 14.3 Å². The zero-order valence-corrected chi connectivity index (χ0v) is 15.4. The van der Waals surface area contributed by atoms with Crippen LogP contribution in [0.3, 0.4) is 0 Å². The van der Waals surface area contributed by atoms with Crippen LogP contribution < -0.4 is 15.0 Å². The fourth-order valence-corrected chi connectivity index (χ4v) is 3.22. The highest BCUT2D eigenvalue weighted by Gasteiger charge is 2.37. The number of benzene rings is 1. The maximum atomic E-state index is 12.7. The number of hydrogen-bond acceptors (Lipinski definition) is 5. The molecule has 1 saturated heterocycles. The summed E-state index contributed by atoms with van der Waals surface area (Å²) in [5.74, 6) is 0.782. The van der Waals surface area contributed by atoms with Gasteiger partial charge in [0.15, 0.2) is 11.5 Å². The number of ether oxygens (including phenoxy) is 2. The van der Waals surface area contributed by atoms with Gasteiger partial charge in [-0.15, -0.1) is 0 Å². The van der Waals surface area contributed by atoms with Gasteiger partial charge in [0, 0.05) is 23.4 Å². The summed E-state index contributed by atoms with van der Waals surface area (Å²) in [5.41, 5.74) is 12.1. The molecule has 2 atom stereocenters. The second kappa shape index (κ2) is 8.29. The molecule has 1 aromatic carbocycles. The maximum Gasteiger partial charge on any atom is 0.387 e. The molecule has 27 heavy (non-hydrogen) atoms. The van der Waals surface area contributed by atoms with Crippen molar-refractivity contribution < 1.29 is 23.1 Å². The van der Waals surface area contributed by atoms with Crippen molar-refractivity contribution in [3.63, 3.8) is 0 Å². The number of hydrogen-bond donors (Lipinski definition) is 1. The van der Waals surface area contributed by atoms with Crippen molar-refractivity contribution in [2.24, 2.45) is 11.0 Å². The topological polar surface area (TPSA) is 88.5 Å². The summed E-state index contributed by atoms with van der Waals surface area (Å²) in [7, 11) is 0. The summed E-state index contributed by atoms with van der Waals surface area (Å²) < 4.78 is 35.8. The molecule has 0 spiro atoms. The van der Waals surface area contributed by atoms with Crippen molar-refractivity contribution in [1.82, 2.24) is 5.48 Å². The largest absolute Gasteiger partial charge is 0.489 e. The fourth-order valence-electron chi connectivity index (χ4n) is 3.22. The number of azide groups is 1. The first-order valence-electron chi connectivity index (χ1n) is 9.04. The van der Waals surface area contributed by atoms with Crippen molar-refractivity contribution in [2.75, 3.05) is 13.2 Å². The highest BCUT2D eigenvalue weighted by Crippen LogP contribution is 2.40. The van der Waals surface area contributed by atoms with Gasteiger partial charge in [0.2, 0.25) is 0 Å². The number of halogens is 2. The van der Waals surface area contributed by atoms with E-state index in [1.165, 1.54) is 6.07 Å². The van der Waals surface area contributed by atoms with Crippen LogP contribution in [0.25, 0.3) is 10.4 Å². The van der Waals surface area contributed by atoms with E-state index in [-0.39, 0.29) is 24.3 Å². The molecule has 3 rings (SSSR count). The Morgan fingerprint density at radius 1 is 1.37 bits per heavy atom. The second-order valence-electron chi connectivity index (χ2n) is 7.65. The minimum absolute atomic E-state index is 0.0280. The Morgan fingerprint density at radius 2 is 2.15 bits per heavy atom. The van der Waals surface area contributed by atoms with Crippen LogP contribution in [0.4, 0.5) is 8.78 Å². The molecule has 7 nitrogen and oxygen atoms in total. The summed E-state index contributed by atoms with van der Waals surface area (Å²) in [6, 6.07) is 4.78. The summed E-state index contributed by atoms with van der Waals surface area (Å²) in [5, 5.41) is 3.65. The molecular formula is C18H24F2N4O3. The van der Waals surface area contributed by atoms with Crippen LogP contribution in [0.2, 0.25) is 0 Å². The Kier molecular flexibility index (Phi) is 6.04. The molecule has 1 aromatic rings. The first-order chi connectivity index (χ1) is 12.9. The molecule has 0 radical (unpaired) electrons. The number of alkyl halides is 2. The first-order valence-corrected chi connectivity index (χ1v) is 9.04. The van der Waals surface area contributed by atoms with Crippen LogP contribution in [-0.4, -0.2) is 31.4 Å². The Balaban J connectivity index is 1.86. The van der Waals surface area contributed by atoms with E-state index >= 15 is 0 Å². The predicted octanol–water partition coefficient (Wildman–Crippen LogP) is 4.54. The van der Waals surface area contributed by atoms with E-state index in [0.29, 0.717) is 24.7 Å². The predicted molar refractivity (Wildman–Crippen MR) is 94.8 cm³/mol. The third-order valence-corrected chi connectivity index (χ3v) is 4.81. The Bertz CT molecular complexity index is 706. The van der Waals surface area contributed by atoms with Gasteiger partial charge in [0.05, 0.1) is 12.2 Å². The molecular weight excluding hydrogens is 358 g/mol. The summed E-state index contributed by atoms with van der Waals surface area (Å²) >= 11 is 0. The molecule has 1 aliphatic heterocycles. The maximum absolute atomic E-state index is 12.7. The molecule has 0 bridgehead atoms. The van der Waals surface area contributed by atoms with E-state index < -0.39 is 12.2 Å². The van der Waals surface area contributed by atoms with Gasteiger partial charge in [0.1, 0.15) is 0 Å². The molecule has 148 valence electrons. The third kappa shape index (κ3) is 5.45. The number of nitrogens with one attached hydrogen (secondary N) is 1. The van der Waals surface area contributed by atoms with E-state index in [2.05, 4.69) is 20.2 Å². The lowest BCUT2D eigenvalue weighted by atomic mass is 9.81. The first kappa shape index (κ1) is 19.7. The van der Waals surface area contributed by atoms with E-state index in [1.54, 1.807) is 12.1 Å². The SMILES string of the molecule is CC1(C)CC(c2ccc(OC(F)F)c(OCC3CC3)c2)C(CN=[N+]=[N-])NO1. The van der Waals surface area contributed by atoms with Gasteiger partial charge >= 0.3 is 6.61 Å². The fraction of sp³-hybridized carbons (Fsp3) is 0.667. The average molecular weight is 382 g/mol. The van der Waals surface area contributed by atoms with Crippen LogP contribution in [0.15, 0.2) is 23.3 Å². The average Bonchev–Trinajstić information content (AvgIpc) is 3.43. The van der Waals surface area contributed by atoms with Crippen LogP contribution in [-0.2, 0) is 4.84 Å². The second-order valence-corrected chi connectivity index (χ2v) is 7.65. The molecule has 1 aliphatic carbocycles. The lowest BCUT2D eigenvalue weighted by Gasteiger charge is -2.41. The molecule has 9 heteroatoms. The van der Waals surface area contributed by atoms with Crippen LogP contribution in [0, 0.1) is 5.92 Å². The smallest absolute Gasteiger partial charge is 0.387 e. The van der Waals surface area contributed by atoms with Crippen LogP contribution >= 0.6 is 0 Å². The molecule has 0 aromatic heterocycles. The van der Waals surface area contributed by atoms with Gasteiger partial charge < -0.3 is 9.47 Å². The van der Waals surface area contributed by atoms with Crippen molar-refractivity contribution in [3.8, 4) is 11.5 Å². The van der Waals surface area contributed by atoms with Gasteiger partial charge in [-0.25, -0.2) is 0 Å². The molecule has 1 saturated carbocycles. The molecule has 2 fully saturated rings. The van der Waals surface area contributed by atoms with Gasteiger partial charge in [-0.05, 0) is 62.3 Å². The minimum atomic E-state index is -2.92. The lowest BCUT2D eigenvalue weighted by molar-refractivity contribution is -0.140. The summed E-state index contributed by atoms with van der Waals surface area (Å²) in [4.78, 5) is 8.45. The van der Waals surface area contributed by atoms with Crippen LogP contribution in [0.5, 0.6) is 11.5 Å². The van der Waals surface area contributed by atoms with E-state index in [4.69, 9.17) is 15.1 Å². The zero-order valence-electron chi connectivity index (χ0n) is 15.4. The summed E-state index contributed by atoms with van der Waals surface area (Å²) in [6.07, 6.45) is 2.86. The summed E-state index contributed by atoms with van der Waals surface area (Å²) in [6.45, 7) is 1.69. The van der Waals surface area contributed by atoms with E-state index in [1.807, 2.05) is 13.8 Å². The van der Waals surface area contributed by atoms with Crippen molar-refractivity contribution in [1.29, 1.82) is 0 Å². The number of rotatable bonds is 8. The minimum Gasteiger partial charge on any atom is -0.489 e. The quantitative estimate of drug-likeness (QED) is 0.406. The highest BCUT2D eigenvalue weighted by atomic mass is 19.3. The lowest BCUT2D eigenvalue weighted by Crippen LogP contribution is -2.50. The molecule has 0 amide bonds. The highest BCUT2D eigenvalue weighted by molar-refractivity contribution is 5.44. The Hall–Kier alpha value is -2.09. The molecule has 2 aliphatic rings. The Morgan fingerprint density at radius 3 is 2.81 bits per heavy atom. The standard InChI is InChI=1S/C18H24F2N4O3/c1-18(2)8-13(14(23-27-18)9-22-24-21)12-5-6-15(26-17(19)20)16(7-12)25-10-11-3-4-11/h5-7,11,13-14,17,23H,3-4,8-10H2,1-2H3. The number of nitrogens with zero attached hydrogens (tertiary/aromatic N) is 3. The molecule has 2 unspecified atom stereocenters. The van der Waals surface area contributed by atoms with Gasteiger partial charge in [-0.1, -0.05) is 11.2 Å². The van der Waals surface area contributed by atoms with Gasteiger partial charge in [-0.3, -0.25) is 4.84 Å². The van der Waals surface area contributed by atoms with E-state index in [0.717, 1.165) is 18.4 Å². The van der Waals surface area contributed by atoms with Crippen molar-refractivity contribution in [3.05, 3.63) is 34.2 Å². The van der Waals surface area contributed by atoms with Crippen LogP contribution in [0.1, 0.15) is 44.6 Å².